The molecule has 0 amide bonds. The molecule has 0 unspecified atom stereocenters. The fourth-order valence-electron chi connectivity index (χ4n) is 3.70. The molecule has 9 nitrogen and oxygen atoms in total. The van der Waals surface area contributed by atoms with Crippen molar-refractivity contribution in [1.82, 2.24) is 35.5 Å². The first-order chi connectivity index (χ1) is 17.1. The largest absolute Gasteiger partial charge is 0.415 e. The molecule has 3 N–H and O–H groups in total. The van der Waals surface area contributed by atoms with E-state index >= 15 is 0 Å². The second-order valence-electron chi connectivity index (χ2n) is 10.6. The van der Waals surface area contributed by atoms with Crippen molar-refractivity contribution in [3.63, 3.8) is 0 Å². The molecule has 4 heterocycles. The Kier molecular flexibility index (Phi) is 7.37. The van der Waals surface area contributed by atoms with Crippen molar-refractivity contribution >= 4 is 25.2 Å². The number of aromatic nitrogens is 4. The Labute approximate surface area is 214 Å². The van der Waals surface area contributed by atoms with Gasteiger partial charge in [-0.2, -0.15) is 5.10 Å². The van der Waals surface area contributed by atoms with Gasteiger partial charge in [0.25, 0.3) is 0 Å². The number of hydrogen-bond donors (Lipinski definition) is 3. The average molecular weight is 507 g/mol. The van der Waals surface area contributed by atoms with E-state index in [-0.39, 0.29) is 5.04 Å². The molecule has 0 fully saturated rings. The molecule has 1 aliphatic rings. The molecule has 0 aliphatic carbocycles. The van der Waals surface area contributed by atoms with Gasteiger partial charge in [-0.1, -0.05) is 20.8 Å². The maximum atomic E-state index is 6.40. The van der Waals surface area contributed by atoms with Crippen molar-refractivity contribution in [2.24, 2.45) is 7.05 Å². The van der Waals surface area contributed by atoms with Crippen LogP contribution in [0.2, 0.25) is 18.1 Å². The molecule has 0 saturated carbocycles. The second-order valence-corrected chi connectivity index (χ2v) is 15.4. The van der Waals surface area contributed by atoms with Crippen LogP contribution in [0.3, 0.4) is 0 Å². The van der Waals surface area contributed by atoms with E-state index in [0.717, 1.165) is 52.6 Å². The highest BCUT2D eigenvalue weighted by atomic mass is 28.4. The summed E-state index contributed by atoms with van der Waals surface area (Å²) < 4.78 is 8.18. The Hall–Kier alpha value is -3.37. The van der Waals surface area contributed by atoms with Gasteiger partial charge >= 0.3 is 0 Å². The molecule has 10 heteroatoms. The molecule has 0 aromatic carbocycles. The first kappa shape index (κ1) is 25.7. The van der Waals surface area contributed by atoms with Gasteiger partial charge in [-0.15, -0.1) is 0 Å². The normalized spacial score (nSPS) is 14.1. The van der Waals surface area contributed by atoms with Crippen molar-refractivity contribution in [1.29, 1.82) is 0 Å². The maximum Gasteiger partial charge on any atom is 0.192 e. The molecule has 4 rings (SSSR count). The van der Waals surface area contributed by atoms with Gasteiger partial charge in [0.05, 0.1) is 29.5 Å². The van der Waals surface area contributed by atoms with Crippen molar-refractivity contribution in [2.75, 3.05) is 25.0 Å². The predicted octanol–water partition coefficient (Wildman–Crippen LogP) is 4.58. The van der Waals surface area contributed by atoms with Gasteiger partial charge in [-0.05, 0) is 43.3 Å². The molecule has 0 bridgehead atoms. The molecule has 0 atom stereocenters. The van der Waals surface area contributed by atoms with Crippen molar-refractivity contribution in [2.45, 2.75) is 45.8 Å². The van der Waals surface area contributed by atoms with Gasteiger partial charge in [0, 0.05) is 55.9 Å². The summed E-state index contributed by atoms with van der Waals surface area (Å²) in [5, 5.41) is 7.85. The van der Waals surface area contributed by atoms with Crippen LogP contribution < -0.4 is 16.2 Å². The zero-order chi connectivity index (χ0) is 25.9. The van der Waals surface area contributed by atoms with E-state index in [1.54, 1.807) is 4.68 Å². The third-order valence-electron chi connectivity index (χ3n) is 6.93. The molecule has 3 aromatic heterocycles. The number of likely N-dealkylation sites (N-methyl/N-ethyl adjacent to an activating group) is 1. The van der Waals surface area contributed by atoms with Crippen molar-refractivity contribution in [3.05, 3.63) is 60.6 Å². The summed E-state index contributed by atoms with van der Waals surface area (Å²) in [4.78, 5) is 11.7. The third-order valence-corrected chi connectivity index (χ3v) is 11.5. The van der Waals surface area contributed by atoms with Crippen LogP contribution >= 0.6 is 0 Å². The standard InChI is InChI=1S/C26H38N8OSi/c1-8-34(11-12-35-36(6,7)26(2,3)4)21-14-25(32-28-17-21)31-24-10-9-22-23(30-24)13-19(15-27-22)20-16-29-33(5)18-20/h9-10,13-18,28,32H,8,11-12H2,1-7H3,(H,30,31). The fraction of sp³-hybridized carbons (Fsp3) is 0.423. The lowest BCUT2D eigenvalue weighted by Gasteiger charge is -2.37. The summed E-state index contributed by atoms with van der Waals surface area (Å²) >= 11 is 0. The van der Waals surface area contributed by atoms with E-state index in [1.165, 1.54) is 0 Å². The van der Waals surface area contributed by atoms with Gasteiger partial charge in [0.15, 0.2) is 8.32 Å². The van der Waals surface area contributed by atoms with Crippen LogP contribution in [-0.2, 0) is 11.5 Å². The van der Waals surface area contributed by atoms with Crippen molar-refractivity contribution in [3.8, 4) is 11.1 Å². The van der Waals surface area contributed by atoms with Gasteiger partial charge in [-0.3, -0.25) is 15.1 Å². The minimum absolute atomic E-state index is 0.206. The number of fused-ring (bicyclic) bond motifs is 1. The number of rotatable bonds is 9. The quantitative estimate of drug-likeness (QED) is 0.363. The van der Waals surface area contributed by atoms with E-state index in [0.29, 0.717) is 6.61 Å². The summed E-state index contributed by atoms with van der Waals surface area (Å²) in [5.41, 5.74) is 11.1. The summed E-state index contributed by atoms with van der Waals surface area (Å²) in [6, 6.07) is 5.95. The fourth-order valence-corrected chi connectivity index (χ4v) is 4.74. The Morgan fingerprint density at radius 3 is 2.64 bits per heavy atom. The van der Waals surface area contributed by atoms with Crippen LogP contribution in [0.15, 0.2) is 60.6 Å². The number of allylic oxidation sites excluding steroid dienone is 1. The minimum atomic E-state index is -1.77. The highest BCUT2D eigenvalue weighted by molar-refractivity contribution is 6.74. The lowest BCUT2D eigenvalue weighted by Crippen LogP contribution is -2.43. The predicted molar refractivity (Wildman–Crippen MR) is 148 cm³/mol. The van der Waals surface area contributed by atoms with Crippen LogP contribution in [0, 0.1) is 0 Å². The summed E-state index contributed by atoms with van der Waals surface area (Å²) in [6.07, 6.45) is 9.71. The van der Waals surface area contributed by atoms with E-state index < -0.39 is 8.32 Å². The highest BCUT2D eigenvalue weighted by Gasteiger charge is 2.37. The number of hydrogen-bond acceptors (Lipinski definition) is 8. The summed E-state index contributed by atoms with van der Waals surface area (Å²) in [6.45, 7) is 16.0. The van der Waals surface area contributed by atoms with E-state index in [1.807, 2.05) is 50.0 Å². The smallest absolute Gasteiger partial charge is 0.192 e. The lowest BCUT2D eigenvalue weighted by atomic mass is 10.1. The van der Waals surface area contributed by atoms with E-state index in [4.69, 9.17) is 9.41 Å². The maximum absolute atomic E-state index is 6.40. The zero-order valence-electron chi connectivity index (χ0n) is 22.4. The molecule has 0 saturated heterocycles. The Morgan fingerprint density at radius 1 is 1.14 bits per heavy atom. The minimum Gasteiger partial charge on any atom is -0.415 e. The van der Waals surface area contributed by atoms with E-state index in [2.05, 4.69) is 78.0 Å². The molecular weight excluding hydrogens is 468 g/mol. The molecular formula is C26H38N8OSi. The van der Waals surface area contributed by atoms with Crippen LogP contribution in [0.1, 0.15) is 27.7 Å². The molecule has 192 valence electrons. The van der Waals surface area contributed by atoms with Gasteiger partial charge < -0.3 is 20.1 Å². The average Bonchev–Trinajstić information content (AvgIpc) is 3.27. The first-order valence-electron chi connectivity index (χ1n) is 12.4. The third kappa shape index (κ3) is 5.88. The highest BCUT2D eigenvalue weighted by Crippen LogP contribution is 2.36. The number of aryl methyl sites for hydroxylation is 1. The first-order valence-corrected chi connectivity index (χ1v) is 15.3. The van der Waals surface area contributed by atoms with Gasteiger partial charge in [0.2, 0.25) is 0 Å². The molecule has 0 radical (unpaired) electrons. The Morgan fingerprint density at radius 2 is 1.94 bits per heavy atom. The Bertz CT molecular complexity index is 1270. The van der Waals surface area contributed by atoms with Crippen LogP contribution in [0.5, 0.6) is 0 Å². The number of hydrazine groups is 1. The van der Waals surface area contributed by atoms with Crippen LogP contribution in [0.25, 0.3) is 22.2 Å². The number of nitrogens with zero attached hydrogens (tertiary/aromatic N) is 5. The number of nitrogens with one attached hydrogen (secondary N) is 3. The van der Waals surface area contributed by atoms with Crippen molar-refractivity contribution < 1.29 is 4.43 Å². The molecule has 36 heavy (non-hydrogen) atoms. The van der Waals surface area contributed by atoms with Gasteiger partial charge in [0.1, 0.15) is 11.6 Å². The SMILES string of the molecule is CCN(CCO[Si](C)(C)C(C)(C)C)C1=CNNC(Nc2ccc3ncc(-c4cnn(C)c4)cc3n2)=C1. The van der Waals surface area contributed by atoms with E-state index in [9.17, 15) is 0 Å². The zero-order valence-corrected chi connectivity index (χ0v) is 23.4. The number of pyridine rings is 2. The molecule has 1 aliphatic heterocycles. The summed E-state index contributed by atoms with van der Waals surface area (Å²) in [5.74, 6) is 1.55. The second kappa shape index (κ2) is 10.3. The van der Waals surface area contributed by atoms with Crippen LogP contribution in [0.4, 0.5) is 5.82 Å². The molecule has 3 aromatic rings. The van der Waals surface area contributed by atoms with Gasteiger partial charge in [-0.25, -0.2) is 4.98 Å². The summed E-state index contributed by atoms with van der Waals surface area (Å²) in [7, 11) is 0.138. The number of anilines is 1. The monoisotopic (exact) mass is 506 g/mol. The Balaban J connectivity index is 1.45. The van der Waals surface area contributed by atoms with Crippen LogP contribution in [-0.4, -0.2) is 52.7 Å². The lowest BCUT2D eigenvalue weighted by molar-refractivity contribution is 0.233. The molecule has 0 spiro atoms. The topological polar surface area (TPSA) is 92.2 Å².